The summed E-state index contributed by atoms with van der Waals surface area (Å²) in [6, 6.07) is 9.81. The third-order valence-corrected chi connectivity index (χ3v) is 6.56. The van der Waals surface area contributed by atoms with Crippen molar-refractivity contribution in [2.75, 3.05) is 27.2 Å². The summed E-state index contributed by atoms with van der Waals surface area (Å²) in [5, 5.41) is 9.04. The molecule has 2 amide bonds. The number of nitrogens with zero attached hydrogens (tertiary/aromatic N) is 1. The van der Waals surface area contributed by atoms with Gasteiger partial charge in [0.15, 0.2) is 5.78 Å². The molecule has 3 atom stereocenters. The third-order valence-electron chi connectivity index (χ3n) is 5.90. The Morgan fingerprint density at radius 2 is 1.97 bits per heavy atom. The second-order valence-electron chi connectivity index (χ2n) is 9.39. The highest BCUT2D eigenvalue weighted by atomic mass is 32.1. The van der Waals surface area contributed by atoms with E-state index in [0.717, 1.165) is 12.1 Å². The van der Waals surface area contributed by atoms with E-state index >= 15 is 0 Å². The van der Waals surface area contributed by atoms with Gasteiger partial charge in [-0.3, -0.25) is 9.59 Å². The Kier molecular flexibility index (Phi) is 8.82. The number of hydrogen-bond acceptors (Lipinski definition) is 7. The van der Waals surface area contributed by atoms with Crippen LogP contribution in [0.5, 0.6) is 5.75 Å². The van der Waals surface area contributed by atoms with Crippen molar-refractivity contribution in [1.29, 1.82) is 0 Å². The molecule has 8 nitrogen and oxygen atoms in total. The molecule has 1 aromatic heterocycles. The average molecular weight is 488 g/mol. The lowest BCUT2D eigenvalue weighted by Crippen LogP contribution is -2.55. The molecule has 1 aromatic carbocycles. The van der Waals surface area contributed by atoms with Crippen molar-refractivity contribution in [3.63, 3.8) is 0 Å². The number of thiophene rings is 1. The molecule has 2 N–H and O–H groups in total. The van der Waals surface area contributed by atoms with E-state index in [1.807, 2.05) is 63.2 Å². The number of nitrogens with one attached hydrogen (secondary N) is 2. The number of Topliss-reactive ketones (excluding diaryl/α,β-unsaturated/α-hetero) is 1. The first-order valence-electron chi connectivity index (χ1n) is 11.3. The molecule has 3 rings (SSSR count). The van der Waals surface area contributed by atoms with Crippen LogP contribution in [-0.4, -0.2) is 68.1 Å². The van der Waals surface area contributed by atoms with E-state index in [1.165, 1.54) is 11.3 Å². The minimum atomic E-state index is -0.913. The van der Waals surface area contributed by atoms with E-state index in [0.29, 0.717) is 18.6 Å². The van der Waals surface area contributed by atoms with Gasteiger partial charge in [-0.1, -0.05) is 44.2 Å². The number of carbonyl (C=O) groups is 3. The molecular formula is C25H33N3O5S. The van der Waals surface area contributed by atoms with Crippen molar-refractivity contribution in [3.05, 3.63) is 52.7 Å². The van der Waals surface area contributed by atoms with Gasteiger partial charge in [0.2, 0.25) is 5.91 Å². The average Bonchev–Trinajstić information content (AvgIpc) is 3.42. The van der Waals surface area contributed by atoms with Crippen molar-refractivity contribution in [3.8, 4) is 5.75 Å². The zero-order valence-electron chi connectivity index (χ0n) is 20.1. The van der Waals surface area contributed by atoms with Gasteiger partial charge in [0.25, 0.3) is 0 Å². The molecule has 0 radical (unpaired) electrons. The minimum absolute atomic E-state index is 0.0309. The maximum absolute atomic E-state index is 13.4. The molecule has 1 fully saturated rings. The highest BCUT2D eigenvalue weighted by Gasteiger charge is 2.39. The van der Waals surface area contributed by atoms with Crippen LogP contribution in [-0.2, 0) is 19.7 Å². The van der Waals surface area contributed by atoms with Crippen LogP contribution in [0.3, 0.4) is 0 Å². The Bertz CT molecular complexity index is 962. The van der Waals surface area contributed by atoms with E-state index in [-0.39, 0.29) is 12.4 Å². The van der Waals surface area contributed by atoms with Crippen LogP contribution in [0.2, 0.25) is 0 Å². The standard InChI is InChI=1S/C25H33N3O5S/c1-25(2,17-8-6-5-7-9-17)14-19(26-24(31)33-18-11-13-34-16-18)23(30)27-22-20(29)15-32-21(22)10-12-28(3)4/h5-9,11,13,16,19,21-22H,10,12,14-15H2,1-4H3,(H,26,31)(H,27,30)/t19-,21?,22?/m0/s1. The molecule has 2 unspecified atom stereocenters. The molecule has 1 aliphatic rings. The summed E-state index contributed by atoms with van der Waals surface area (Å²) < 4.78 is 10.9. The van der Waals surface area contributed by atoms with Crippen molar-refractivity contribution in [2.45, 2.75) is 50.3 Å². The summed E-state index contributed by atoms with van der Waals surface area (Å²) in [4.78, 5) is 40.4. The summed E-state index contributed by atoms with van der Waals surface area (Å²) in [5.74, 6) is -0.198. The smallest absolute Gasteiger partial charge is 0.409 e. The van der Waals surface area contributed by atoms with Gasteiger partial charge >= 0.3 is 6.09 Å². The molecule has 0 spiro atoms. The van der Waals surface area contributed by atoms with Gasteiger partial charge in [0, 0.05) is 11.9 Å². The SMILES string of the molecule is CN(C)CCC1OCC(=O)C1NC(=O)[C@H](CC(C)(C)c1ccccc1)NC(=O)Oc1ccsc1. The first-order chi connectivity index (χ1) is 16.2. The van der Waals surface area contributed by atoms with Crippen molar-refractivity contribution in [2.24, 2.45) is 0 Å². The number of amides is 2. The van der Waals surface area contributed by atoms with Crippen LogP contribution >= 0.6 is 11.3 Å². The van der Waals surface area contributed by atoms with Gasteiger partial charge in [-0.2, -0.15) is 0 Å². The highest BCUT2D eigenvalue weighted by molar-refractivity contribution is 7.08. The van der Waals surface area contributed by atoms with Crippen molar-refractivity contribution in [1.82, 2.24) is 15.5 Å². The second kappa shape index (κ2) is 11.6. The Hall–Kier alpha value is -2.75. The number of rotatable bonds is 10. The topological polar surface area (TPSA) is 97.0 Å². The van der Waals surface area contributed by atoms with Crippen molar-refractivity contribution >= 4 is 29.1 Å². The van der Waals surface area contributed by atoms with Crippen LogP contribution in [0.15, 0.2) is 47.2 Å². The zero-order chi connectivity index (χ0) is 24.7. The molecule has 0 saturated carbocycles. The second-order valence-corrected chi connectivity index (χ2v) is 10.2. The van der Waals surface area contributed by atoms with E-state index in [9.17, 15) is 14.4 Å². The van der Waals surface area contributed by atoms with Crippen LogP contribution in [0, 0.1) is 0 Å². The number of benzene rings is 1. The lowest BCUT2D eigenvalue weighted by atomic mass is 9.79. The fourth-order valence-electron chi connectivity index (χ4n) is 3.96. The van der Waals surface area contributed by atoms with Crippen molar-refractivity contribution < 1.29 is 23.9 Å². The molecule has 1 aliphatic heterocycles. The fourth-order valence-corrected chi connectivity index (χ4v) is 4.51. The number of ether oxygens (including phenoxy) is 2. The Balaban J connectivity index is 1.75. The molecule has 2 heterocycles. The van der Waals surface area contributed by atoms with E-state index in [1.54, 1.807) is 16.8 Å². The van der Waals surface area contributed by atoms with Gasteiger partial charge < -0.3 is 25.0 Å². The normalized spacial score (nSPS) is 19.1. The Morgan fingerprint density at radius 3 is 2.62 bits per heavy atom. The van der Waals surface area contributed by atoms with Crippen LogP contribution in [0.4, 0.5) is 4.79 Å². The molecule has 184 valence electrons. The monoisotopic (exact) mass is 487 g/mol. The van der Waals surface area contributed by atoms with Gasteiger partial charge in [-0.05, 0) is 49.4 Å². The van der Waals surface area contributed by atoms with E-state index in [4.69, 9.17) is 9.47 Å². The summed E-state index contributed by atoms with van der Waals surface area (Å²) in [7, 11) is 3.88. The van der Waals surface area contributed by atoms with Gasteiger partial charge in [0.1, 0.15) is 24.4 Å². The predicted molar refractivity (Wildman–Crippen MR) is 131 cm³/mol. The lowest BCUT2D eigenvalue weighted by Gasteiger charge is -2.31. The lowest BCUT2D eigenvalue weighted by molar-refractivity contribution is -0.128. The molecule has 34 heavy (non-hydrogen) atoms. The quantitative estimate of drug-likeness (QED) is 0.535. The van der Waals surface area contributed by atoms with Gasteiger partial charge in [-0.15, -0.1) is 11.3 Å². The fraction of sp³-hybridized carbons (Fsp3) is 0.480. The van der Waals surface area contributed by atoms with E-state index in [2.05, 4.69) is 10.6 Å². The maximum Gasteiger partial charge on any atom is 0.413 e. The molecule has 1 saturated heterocycles. The van der Waals surface area contributed by atoms with E-state index < -0.39 is 35.6 Å². The highest BCUT2D eigenvalue weighted by Crippen LogP contribution is 2.29. The predicted octanol–water partition coefficient (Wildman–Crippen LogP) is 2.98. The minimum Gasteiger partial charge on any atom is -0.409 e. The van der Waals surface area contributed by atoms with Crippen LogP contribution in [0.25, 0.3) is 0 Å². The Labute approximate surface area is 204 Å². The zero-order valence-corrected chi connectivity index (χ0v) is 20.9. The number of hydrogen-bond donors (Lipinski definition) is 2. The Morgan fingerprint density at radius 1 is 1.24 bits per heavy atom. The first-order valence-corrected chi connectivity index (χ1v) is 12.3. The third kappa shape index (κ3) is 7.12. The summed E-state index contributed by atoms with van der Waals surface area (Å²) in [6.07, 6.45) is -0.205. The summed E-state index contributed by atoms with van der Waals surface area (Å²) >= 11 is 1.40. The summed E-state index contributed by atoms with van der Waals surface area (Å²) in [6.45, 7) is 4.72. The van der Waals surface area contributed by atoms with Crippen LogP contribution < -0.4 is 15.4 Å². The number of carbonyl (C=O) groups excluding carboxylic acids is 3. The number of ketones is 1. The maximum atomic E-state index is 13.4. The van der Waals surface area contributed by atoms with Gasteiger partial charge in [0.05, 0.1) is 6.10 Å². The molecule has 2 aromatic rings. The molecule has 0 aliphatic carbocycles. The van der Waals surface area contributed by atoms with Crippen LogP contribution in [0.1, 0.15) is 32.3 Å². The molecule has 0 bridgehead atoms. The largest absolute Gasteiger partial charge is 0.413 e. The molecular weight excluding hydrogens is 454 g/mol. The van der Waals surface area contributed by atoms with Gasteiger partial charge in [-0.25, -0.2) is 4.79 Å². The summed E-state index contributed by atoms with van der Waals surface area (Å²) in [5.41, 5.74) is 0.601. The molecule has 9 heteroatoms. The first kappa shape index (κ1) is 25.9.